The number of halogens is 1. The van der Waals surface area contributed by atoms with Gasteiger partial charge in [-0.2, -0.15) is 0 Å². The van der Waals surface area contributed by atoms with Crippen molar-refractivity contribution in [2.45, 2.75) is 19.5 Å². The second-order valence-corrected chi connectivity index (χ2v) is 5.51. The molecule has 18 heavy (non-hydrogen) atoms. The summed E-state index contributed by atoms with van der Waals surface area (Å²) in [6, 6.07) is 5.59. The minimum Gasteiger partial charge on any atom is -0.314 e. The van der Waals surface area contributed by atoms with Gasteiger partial charge in [-0.15, -0.1) is 0 Å². The summed E-state index contributed by atoms with van der Waals surface area (Å²) in [7, 11) is 0. The molecule has 1 aromatic rings. The maximum atomic E-state index is 10.8. The Kier molecular flexibility index (Phi) is 4.31. The van der Waals surface area contributed by atoms with E-state index in [1.54, 1.807) is 6.07 Å². The van der Waals surface area contributed by atoms with Gasteiger partial charge in [0.25, 0.3) is 5.69 Å². The maximum Gasteiger partial charge on any atom is 0.270 e. The smallest absolute Gasteiger partial charge is 0.270 e. The molecule has 1 aromatic carbocycles. The van der Waals surface area contributed by atoms with Crippen LogP contribution in [-0.2, 0) is 6.54 Å². The molecule has 0 radical (unpaired) electrons. The lowest BCUT2D eigenvalue weighted by Crippen LogP contribution is -2.49. The van der Waals surface area contributed by atoms with Crippen LogP contribution in [0.4, 0.5) is 5.69 Å². The zero-order chi connectivity index (χ0) is 13.1. The first-order valence-corrected chi connectivity index (χ1v) is 6.74. The van der Waals surface area contributed by atoms with E-state index in [0.717, 1.165) is 36.2 Å². The molecule has 2 rings (SSSR count). The maximum absolute atomic E-state index is 10.8. The van der Waals surface area contributed by atoms with E-state index in [9.17, 15) is 10.1 Å². The Hall–Kier alpha value is -0.980. The molecule has 0 unspecified atom stereocenters. The number of nitro groups is 1. The number of piperazine rings is 1. The van der Waals surface area contributed by atoms with E-state index in [-0.39, 0.29) is 10.6 Å². The Balaban J connectivity index is 2.15. The Morgan fingerprint density at radius 1 is 1.56 bits per heavy atom. The predicted molar refractivity (Wildman–Crippen MR) is 73.5 cm³/mol. The summed E-state index contributed by atoms with van der Waals surface area (Å²) in [5, 5.41) is 14.2. The molecule has 1 heterocycles. The number of hydrogen-bond acceptors (Lipinski definition) is 4. The molecule has 0 spiro atoms. The van der Waals surface area contributed by atoms with Crippen LogP contribution in [0.1, 0.15) is 12.5 Å². The fourth-order valence-corrected chi connectivity index (χ4v) is 2.71. The SMILES string of the molecule is C[C@H]1CNCCN1Cc1cc(Br)cc([N+](=O)[O-])c1. The second kappa shape index (κ2) is 5.77. The van der Waals surface area contributed by atoms with Gasteiger partial charge in [0.05, 0.1) is 4.92 Å². The summed E-state index contributed by atoms with van der Waals surface area (Å²) in [6.45, 7) is 5.83. The lowest BCUT2D eigenvalue weighted by Gasteiger charge is -2.33. The van der Waals surface area contributed by atoms with Crippen molar-refractivity contribution in [1.29, 1.82) is 0 Å². The lowest BCUT2D eigenvalue weighted by atomic mass is 10.1. The number of nitrogens with zero attached hydrogens (tertiary/aromatic N) is 2. The highest BCUT2D eigenvalue weighted by molar-refractivity contribution is 9.10. The van der Waals surface area contributed by atoms with Crippen molar-refractivity contribution in [3.05, 3.63) is 38.3 Å². The minimum atomic E-state index is -0.352. The molecular formula is C12H16BrN3O2. The van der Waals surface area contributed by atoms with Crippen molar-refractivity contribution in [3.8, 4) is 0 Å². The van der Waals surface area contributed by atoms with E-state index in [0.29, 0.717) is 6.04 Å². The number of benzene rings is 1. The Labute approximate surface area is 114 Å². The Bertz CT molecular complexity index is 453. The van der Waals surface area contributed by atoms with Gasteiger partial charge in [0.1, 0.15) is 0 Å². The summed E-state index contributed by atoms with van der Waals surface area (Å²) in [4.78, 5) is 12.8. The van der Waals surface area contributed by atoms with Gasteiger partial charge in [-0.25, -0.2) is 0 Å². The van der Waals surface area contributed by atoms with Crippen LogP contribution in [0, 0.1) is 10.1 Å². The van der Waals surface area contributed by atoms with Crippen LogP contribution < -0.4 is 5.32 Å². The van der Waals surface area contributed by atoms with Gasteiger partial charge in [-0.05, 0) is 18.6 Å². The summed E-state index contributed by atoms with van der Waals surface area (Å²) < 4.78 is 0.759. The highest BCUT2D eigenvalue weighted by Gasteiger charge is 2.19. The average Bonchev–Trinajstić information content (AvgIpc) is 2.31. The topological polar surface area (TPSA) is 58.4 Å². The van der Waals surface area contributed by atoms with Crippen LogP contribution in [-0.4, -0.2) is 35.5 Å². The fraction of sp³-hybridized carbons (Fsp3) is 0.500. The zero-order valence-corrected chi connectivity index (χ0v) is 11.8. The summed E-state index contributed by atoms with van der Waals surface area (Å²) in [5.41, 5.74) is 1.12. The summed E-state index contributed by atoms with van der Waals surface area (Å²) in [6.07, 6.45) is 0. The lowest BCUT2D eigenvalue weighted by molar-refractivity contribution is -0.385. The molecule has 0 bridgehead atoms. The van der Waals surface area contributed by atoms with E-state index >= 15 is 0 Å². The molecule has 1 fully saturated rings. The van der Waals surface area contributed by atoms with Crippen LogP contribution in [0.5, 0.6) is 0 Å². The first-order chi connectivity index (χ1) is 8.56. The second-order valence-electron chi connectivity index (χ2n) is 4.60. The third-order valence-electron chi connectivity index (χ3n) is 3.18. The summed E-state index contributed by atoms with van der Waals surface area (Å²) >= 11 is 3.33. The third-order valence-corrected chi connectivity index (χ3v) is 3.64. The van der Waals surface area contributed by atoms with E-state index in [1.165, 1.54) is 6.07 Å². The van der Waals surface area contributed by atoms with Gasteiger partial charge >= 0.3 is 0 Å². The highest BCUT2D eigenvalue weighted by atomic mass is 79.9. The Morgan fingerprint density at radius 2 is 2.33 bits per heavy atom. The molecule has 0 aliphatic carbocycles. The monoisotopic (exact) mass is 313 g/mol. The molecule has 1 atom stereocenters. The van der Waals surface area contributed by atoms with Gasteiger partial charge in [-0.3, -0.25) is 15.0 Å². The van der Waals surface area contributed by atoms with E-state index in [1.807, 2.05) is 6.07 Å². The van der Waals surface area contributed by atoms with Crippen molar-refractivity contribution >= 4 is 21.6 Å². The zero-order valence-electron chi connectivity index (χ0n) is 10.2. The van der Waals surface area contributed by atoms with E-state index in [2.05, 4.69) is 33.1 Å². The van der Waals surface area contributed by atoms with Gasteiger partial charge < -0.3 is 5.32 Å². The molecule has 0 saturated carbocycles. The number of rotatable bonds is 3. The van der Waals surface area contributed by atoms with Crippen molar-refractivity contribution in [2.75, 3.05) is 19.6 Å². The van der Waals surface area contributed by atoms with Gasteiger partial charge in [0.15, 0.2) is 0 Å². The number of nitrogens with one attached hydrogen (secondary N) is 1. The van der Waals surface area contributed by atoms with E-state index < -0.39 is 0 Å². The number of nitro benzene ring substituents is 1. The third kappa shape index (κ3) is 3.28. The van der Waals surface area contributed by atoms with Crippen LogP contribution >= 0.6 is 15.9 Å². The van der Waals surface area contributed by atoms with Crippen LogP contribution in [0.15, 0.2) is 22.7 Å². The van der Waals surface area contributed by atoms with Crippen LogP contribution in [0.25, 0.3) is 0 Å². The highest BCUT2D eigenvalue weighted by Crippen LogP contribution is 2.23. The molecular weight excluding hydrogens is 298 g/mol. The molecule has 0 aromatic heterocycles. The normalized spacial score (nSPS) is 20.9. The predicted octanol–water partition coefficient (Wildman–Crippen LogP) is 2.15. The van der Waals surface area contributed by atoms with Gasteiger partial charge in [0.2, 0.25) is 0 Å². The van der Waals surface area contributed by atoms with Crippen molar-refractivity contribution < 1.29 is 4.92 Å². The molecule has 98 valence electrons. The van der Waals surface area contributed by atoms with Crippen molar-refractivity contribution in [1.82, 2.24) is 10.2 Å². The molecule has 6 heteroatoms. The van der Waals surface area contributed by atoms with E-state index in [4.69, 9.17) is 0 Å². The first-order valence-electron chi connectivity index (χ1n) is 5.95. The standard InChI is InChI=1S/C12H16BrN3O2/c1-9-7-14-2-3-15(9)8-10-4-11(13)6-12(5-10)16(17)18/h4-6,9,14H,2-3,7-8H2,1H3/t9-/m0/s1. The first kappa shape index (κ1) is 13.5. The minimum absolute atomic E-state index is 0.141. The molecule has 1 saturated heterocycles. The molecule has 1 aliphatic heterocycles. The van der Waals surface area contributed by atoms with Crippen molar-refractivity contribution in [3.63, 3.8) is 0 Å². The summed E-state index contributed by atoms with van der Waals surface area (Å²) in [5.74, 6) is 0. The van der Waals surface area contributed by atoms with Crippen LogP contribution in [0.2, 0.25) is 0 Å². The molecule has 1 aliphatic rings. The van der Waals surface area contributed by atoms with Crippen molar-refractivity contribution in [2.24, 2.45) is 0 Å². The van der Waals surface area contributed by atoms with Gasteiger partial charge in [0, 0.05) is 48.8 Å². The number of hydrogen-bond donors (Lipinski definition) is 1. The largest absolute Gasteiger partial charge is 0.314 e. The van der Waals surface area contributed by atoms with Crippen LogP contribution in [0.3, 0.4) is 0 Å². The van der Waals surface area contributed by atoms with Gasteiger partial charge in [-0.1, -0.05) is 15.9 Å². The molecule has 0 amide bonds. The molecule has 5 nitrogen and oxygen atoms in total. The Morgan fingerprint density at radius 3 is 3.00 bits per heavy atom. The number of non-ortho nitro benzene ring substituents is 1. The molecule has 1 N–H and O–H groups in total. The quantitative estimate of drug-likeness (QED) is 0.686. The average molecular weight is 314 g/mol. The fourth-order valence-electron chi connectivity index (χ4n) is 2.18.